The fourth-order valence-electron chi connectivity index (χ4n) is 2.49. The fourth-order valence-corrected chi connectivity index (χ4v) is 3.01. The fraction of sp³-hybridized carbons (Fsp3) is 0.278. The Balaban J connectivity index is 2.15. The van der Waals surface area contributed by atoms with Crippen molar-refractivity contribution < 1.29 is 9.53 Å². The molecule has 6 heteroatoms. The molecule has 0 aliphatic heterocycles. The zero-order valence-corrected chi connectivity index (χ0v) is 15.4. The first-order valence-electron chi connectivity index (χ1n) is 7.46. The van der Waals surface area contributed by atoms with Gasteiger partial charge in [0.1, 0.15) is 5.75 Å². The number of rotatable bonds is 6. The average molecular weight is 367 g/mol. The van der Waals surface area contributed by atoms with Gasteiger partial charge in [0.25, 0.3) is 5.91 Å². The minimum Gasteiger partial charge on any atom is -0.496 e. The maximum absolute atomic E-state index is 12.4. The van der Waals surface area contributed by atoms with Gasteiger partial charge in [-0.25, -0.2) is 0 Å². The molecule has 0 aliphatic rings. The van der Waals surface area contributed by atoms with Crippen molar-refractivity contribution in [1.29, 1.82) is 0 Å². The van der Waals surface area contributed by atoms with Gasteiger partial charge in [0.05, 0.1) is 13.2 Å². The molecule has 1 atom stereocenters. The smallest absolute Gasteiger partial charge is 0.251 e. The van der Waals surface area contributed by atoms with Crippen molar-refractivity contribution in [1.82, 2.24) is 10.2 Å². The molecule has 2 aromatic carbocycles. The summed E-state index contributed by atoms with van der Waals surface area (Å²) in [4.78, 5) is 14.4. The molecule has 0 saturated heterocycles. The second-order valence-corrected chi connectivity index (χ2v) is 6.46. The number of amides is 1. The molecule has 0 aliphatic carbocycles. The highest BCUT2D eigenvalue weighted by molar-refractivity contribution is 6.35. The van der Waals surface area contributed by atoms with Crippen LogP contribution in [0.1, 0.15) is 22.0 Å². The van der Waals surface area contributed by atoms with Crippen LogP contribution in [0, 0.1) is 0 Å². The monoisotopic (exact) mass is 366 g/mol. The van der Waals surface area contributed by atoms with Gasteiger partial charge in [0, 0.05) is 27.7 Å². The van der Waals surface area contributed by atoms with Crippen LogP contribution >= 0.6 is 23.2 Å². The van der Waals surface area contributed by atoms with E-state index in [-0.39, 0.29) is 11.9 Å². The Kier molecular flexibility index (Phi) is 6.49. The van der Waals surface area contributed by atoms with Gasteiger partial charge in [-0.05, 0) is 38.4 Å². The Bertz CT molecular complexity index is 700. The summed E-state index contributed by atoms with van der Waals surface area (Å²) < 4.78 is 5.43. The molecule has 0 bridgehead atoms. The number of hydrogen-bond acceptors (Lipinski definition) is 3. The number of carbonyl (C=O) groups is 1. The molecule has 0 spiro atoms. The lowest BCUT2D eigenvalue weighted by molar-refractivity contribution is 0.0941. The first-order valence-corrected chi connectivity index (χ1v) is 8.21. The molecule has 4 nitrogen and oxygen atoms in total. The van der Waals surface area contributed by atoms with Crippen LogP contribution in [-0.4, -0.2) is 38.6 Å². The van der Waals surface area contributed by atoms with Gasteiger partial charge in [-0.15, -0.1) is 0 Å². The molecule has 0 fully saturated rings. The Morgan fingerprint density at radius 1 is 1.17 bits per heavy atom. The molecule has 1 amide bonds. The van der Waals surface area contributed by atoms with Gasteiger partial charge < -0.3 is 15.0 Å². The third kappa shape index (κ3) is 4.63. The number of nitrogens with one attached hydrogen (secondary N) is 1. The highest BCUT2D eigenvalue weighted by atomic mass is 35.5. The molecule has 1 unspecified atom stereocenters. The van der Waals surface area contributed by atoms with Crippen molar-refractivity contribution in [3.8, 4) is 5.75 Å². The molecule has 1 N–H and O–H groups in total. The number of likely N-dealkylation sites (N-methyl/N-ethyl adjacent to an activating group) is 1. The number of ether oxygens (including phenoxy) is 1. The van der Waals surface area contributed by atoms with Crippen LogP contribution in [0.2, 0.25) is 10.0 Å². The van der Waals surface area contributed by atoms with Gasteiger partial charge >= 0.3 is 0 Å². The minimum atomic E-state index is -0.221. The first kappa shape index (κ1) is 18.6. The van der Waals surface area contributed by atoms with Crippen LogP contribution in [0.25, 0.3) is 0 Å². The number of para-hydroxylation sites is 1. The number of nitrogens with zero attached hydrogens (tertiary/aromatic N) is 1. The third-order valence-corrected chi connectivity index (χ3v) is 4.14. The van der Waals surface area contributed by atoms with Crippen LogP contribution in [0.5, 0.6) is 5.75 Å². The van der Waals surface area contributed by atoms with E-state index < -0.39 is 0 Å². The predicted molar refractivity (Wildman–Crippen MR) is 98.2 cm³/mol. The lowest BCUT2D eigenvalue weighted by atomic mass is 10.0. The zero-order chi connectivity index (χ0) is 17.7. The third-order valence-electron chi connectivity index (χ3n) is 3.70. The molecular weight excluding hydrogens is 347 g/mol. The Morgan fingerprint density at radius 3 is 2.38 bits per heavy atom. The van der Waals surface area contributed by atoms with E-state index in [1.54, 1.807) is 25.3 Å². The number of halogens is 2. The summed E-state index contributed by atoms with van der Waals surface area (Å²) in [7, 11) is 5.55. The van der Waals surface area contributed by atoms with Crippen LogP contribution in [0.4, 0.5) is 0 Å². The molecule has 0 aromatic heterocycles. The zero-order valence-electron chi connectivity index (χ0n) is 13.8. The minimum absolute atomic E-state index is 0.0280. The van der Waals surface area contributed by atoms with E-state index >= 15 is 0 Å². The molecule has 24 heavy (non-hydrogen) atoms. The first-order chi connectivity index (χ1) is 11.4. The molecule has 2 rings (SSSR count). The van der Waals surface area contributed by atoms with Crippen LogP contribution in [0.3, 0.4) is 0 Å². The van der Waals surface area contributed by atoms with Crippen molar-refractivity contribution in [2.45, 2.75) is 6.04 Å². The summed E-state index contributed by atoms with van der Waals surface area (Å²) in [5.41, 5.74) is 1.44. The summed E-state index contributed by atoms with van der Waals surface area (Å²) in [6.07, 6.45) is 0. The average Bonchev–Trinajstić information content (AvgIpc) is 2.54. The normalized spacial score (nSPS) is 12.1. The second kappa shape index (κ2) is 8.38. The van der Waals surface area contributed by atoms with Crippen molar-refractivity contribution in [3.05, 3.63) is 63.6 Å². The van der Waals surface area contributed by atoms with Gasteiger partial charge in [-0.3, -0.25) is 4.79 Å². The molecular formula is C18H20Cl2N2O2. The SMILES string of the molecule is COc1ccccc1C(CNC(=O)c1cc(Cl)cc(Cl)c1)N(C)C. The molecule has 0 saturated carbocycles. The van der Waals surface area contributed by atoms with Gasteiger partial charge in [-0.1, -0.05) is 41.4 Å². The van der Waals surface area contributed by atoms with E-state index in [1.165, 1.54) is 0 Å². The van der Waals surface area contributed by atoms with Gasteiger partial charge in [-0.2, -0.15) is 0 Å². The maximum Gasteiger partial charge on any atom is 0.251 e. The Labute approximate surface area is 152 Å². The number of carbonyl (C=O) groups excluding carboxylic acids is 1. The maximum atomic E-state index is 12.4. The quantitative estimate of drug-likeness (QED) is 0.838. The largest absolute Gasteiger partial charge is 0.496 e. The highest BCUT2D eigenvalue weighted by Gasteiger charge is 2.19. The van der Waals surface area contributed by atoms with E-state index in [4.69, 9.17) is 27.9 Å². The van der Waals surface area contributed by atoms with Crippen LogP contribution in [0.15, 0.2) is 42.5 Å². The van der Waals surface area contributed by atoms with Crippen LogP contribution in [-0.2, 0) is 0 Å². The van der Waals surface area contributed by atoms with Crippen molar-refractivity contribution >= 4 is 29.1 Å². The lowest BCUT2D eigenvalue weighted by Crippen LogP contribution is -2.34. The number of methoxy groups -OCH3 is 1. The van der Waals surface area contributed by atoms with Gasteiger partial charge in [0.15, 0.2) is 0 Å². The van der Waals surface area contributed by atoms with E-state index in [1.807, 2.05) is 43.3 Å². The van der Waals surface area contributed by atoms with Crippen LogP contribution < -0.4 is 10.1 Å². The Morgan fingerprint density at radius 2 is 1.79 bits per heavy atom. The second-order valence-electron chi connectivity index (χ2n) is 5.59. The van der Waals surface area contributed by atoms with E-state index in [0.717, 1.165) is 11.3 Å². The van der Waals surface area contributed by atoms with Crippen molar-refractivity contribution in [3.63, 3.8) is 0 Å². The molecule has 0 radical (unpaired) electrons. The summed E-state index contributed by atoms with van der Waals surface area (Å²) in [6, 6.07) is 12.5. The summed E-state index contributed by atoms with van der Waals surface area (Å²) in [5, 5.41) is 3.80. The van der Waals surface area contributed by atoms with E-state index in [2.05, 4.69) is 5.32 Å². The van der Waals surface area contributed by atoms with Crippen molar-refractivity contribution in [2.24, 2.45) is 0 Å². The summed E-state index contributed by atoms with van der Waals surface area (Å²) in [5.74, 6) is 0.567. The van der Waals surface area contributed by atoms with E-state index in [0.29, 0.717) is 22.2 Å². The molecule has 2 aromatic rings. The molecule has 128 valence electrons. The van der Waals surface area contributed by atoms with Crippen molar-refractivity contribution in [2.75, 3.05) is 27.7 Å². The summed E-state index contributed by atoms with van der Waals surface area (Å²) >= 11 is 11.9. The molecule has 0 heterocycles. The topological polar surface area (TPSA) is 41.6 Å². The predicted octanol–water partition coefficient (Wildman–Crippen LogP) is 4.03. The summed E-state index contributed by atoms with van der Waals surface area (Å²) in [6.45, 7) is 0.427. The van der Waals surface area contributed by atoms with Gasteiger partial charge in [0.2, 0.25) is 0 Å². The van der Waals surface area contributed by atoms with E-state index in [9.17, 15) is 4.79 Å². The Hall–Kier alpha value is -1.75. The number of benzene rings is 2. The number of hydrogen-bond donors (Lipinski definition) is 1. The lowest BCUT2D eigenvalue weighted by Gasteiger charge is -2.26. The standard InChI is InChI=1S/C18H20Cl2N2O2/c1-22(2)16(15-6-4-5-7-17(15)24-3)11-21-18(23)12-8-13(19)10-14(20)9-12/h4-10,16H,11H2,1-3H3,(H,21,23). The highest BCUT2D eigenvalue weighted by Crippen LogP contribution is 2.27.